The lowest BCUT2D eigenvalue weighted by Gasteiger charge is -2.36. The fourth-order valence-corrected chi connectivity index (χ4v) is 4.07. The van der Waals surface area contributed by atoms with Gasteiger partial charge >= 0.3 is 0 Å². The minimum Gasteiger partial charge on any atom is -0.395 e. The van der Waals surface area contributed by atoms with Crippen LogP contribution in [0.5, 0.6) is 0 Å². The Kier molecular flexibility index (Phi) is 6.27. The van der Waals surface area contributed by atoms with E-state index in [1.54, 1.807) is 0 Å². The molecule has 9 nitrogen and oxygen atoms in total. The van der Waals surface area contributed by atoms with Crippen LogP contribution in [0.3, 0.4) is 0 Å². The average molecular weight is 401 g/mol. The molecule has 0 bridgehead atoms. The predicted octanol–water partition coefficient (Wildman–Crippen LogP) is -0.0450. The molecule has 4 heterocycles. The van der Waals surface area contributed by atoms with Gasteiger partial charge in [0, 0.05) is 78.2 Å². The van der Waals surface area contributed by atoms with Crippen molar-refractivity contribution in [2.24, 2.45) is 7.05 Å². The van der Waals surface area contributed by atoms with Crippen molar-refractivity contribution in [2.75, 3.05) is 75.3 Å². The Morgan fingerprint density at radius 1 is 0.862 bits per heavy atom. The zero-order valence-electron chi connectivity index (χ0n) is 17.5. The quantitative estimate of drug-likeness (QED) is 0.724. The number of aryl methyl sites for hydroxylation is 2. The van der Waals surface area contributed by atoms with Crippen LogP contribution in [0.2, 0.25) is 0 Å². The van der Waals surface area contributed by atoms with Crippen LogP contribution in [0.4, 0.5) is 11.6 Å². The molecule has 0 spiro atoms. The van der Waals surface area contributed by atoms with Crippen LogP contribution in [0.25, 0.3) is 0 Å². The van der Waals surface area contributed by atoms with Gasteiger partial charge in [-0.25, -0.2) is 0 Å². The molecule has 2 aromatic heterocycles. The summed E-state index contributed by atoms with van der Waals surface area (Å²) in [5, 5.41) is 22.6. The second kappa shape index (κ2) is 9.06. The average Bonchev–Trinajstić information content (AvgIpc) is 3.06. The third kappa shape index (κ3) is 4.85. The highest BCUT2D eigenvalue weighted by Crippen LogP contribution is 2.18. The van der Waals surface area contributed by atoms with Gasteiger partial charge in [-0.3, -0.25) is 14.5 Å². The van der Waals surface area contributed by atoms with E-state index in [2.05, 4.69) is 60.0 Å². The highest BCUT2D eigenvalue weighted by Gasteiger charge is 2.21. The van der Waals surface area contributed by atoms with E-state index in [-0.39, 0.29) is 6.61 Å². The summed E-state index contributed by atoms with van der Waals surface area (Å²) < 4.78 is 1.94. The van der Waals surface area contributed by atoms with Gasteiger partial charge in [0.25, 0.3) is 0 Å². The molecule has 2 aliphatic heterocycles. The molecule has 9 heteroatoms. The van der Waals surface area contributed by atoms with Gasteiger partial charge < -0.3 is 14.9 Å². The minimum absolute atomic E-state index is 0.225. The van der Waals surface area contributed by atoms with Crippen LogP contribution in [0, 0.1) is 6.92 Å². The van der Waals surface area contributed by atoms with Crippen molar-refractivity contribution in [3.05, 3.63) is 29.6 Å². The number of aliphatic hydroxyl groups excluding tert-OH is 1. The van der Waals surface area contributed by atoms with Crippen molar-refractivity contribution in [2.45, 2.75) is 13.5 Å². The normalized spacial score (nSPS) is 19.1. The lowest BCUT2D eigenvalue weighted by atomic mass is 10.2. The van der Waals surface area contributed by atoms with E-state index in [0.717, 1.165) is 82.8 Å². The third-order valence-corrected chi connectivity index (χ3v) is 6.00. The summed E-state index contributed by atoms with van der Waals surface area (Å²) in [6, 6.07) is 6.35. The van der Waals surface area contributed by atoms with Crippen LogP contribution in [0.15, 0.2) is 18.2 Å². The van der Waals surface area contributed by atoms with Crippen LogP contribution >= 0.6 is 0 Å². The van der Waals surface area contributed by atoms with Crippen LogP contribution in [-0.2, 0) is 13.6 Å². The molecule has 0 atom stereocenters. The van der Waals surface area contributed by atoms with Crippen molar-refractivity contribution in [3.63, 3.8) is 0 Å². The van der Waals surface area contributed by atoms with E-state index < -0.39 is 0 Å². The molecule has 0 radical (unpaired) electrons. The van der Waals surface area contributed by atoms with Gasteiger partial charge in [0.15, 0.2) is 11.6 Å². The number of aliphatic hydroxyl groups is 1. The number of aromatic nitrogens is 4. The molecule has 29 heavy (non-hydrogen) atoms. The highest BCUT2D eigenvalue weighted by atomic mass is 16.3. The SMILES string of the molecule is Cc1cc(CN2CCN(c3ccc(N4CCN(CCO)CC4)nn3)CC2)nn1C. The Morgan fingerprint density at radius 3 is 1.86 bits per heavy atom. The number of anilines is 2. The maximum atomic E-state index is 9.07. The van der Waals surface area contributed by atoms with Crippen molar-refractivity contribution >= 4 is 11.6 Å². The molecular formula is C20H32N8O. The maximum absolute atomic E-state index is 9.07. The van der Waals surface area contributed by atoms with Gasteiger partial charge in [0.1, 0.15) is 0 Å². The predicted molar refractivity (Wildman–Crippen MR) is 113 cm³/mol. The van der Waals surface area contributed by atoms with E-state index in [1.807, 2.05) is 11.7 Å². The summed E-state index contributed by atoms with van der Waals surface area (Å²) in [4.78, 5) is 9.32. The first-order chi connectivity index (χ1) is 14.1. The van der Waals surface area contributed by atoms with E-state index in [4.69, 9.17) is 5.11 Å². The number of hydrogen-bond donors (Lipinski definition) is 1. The first-order valence-corrected chi connectivity index (χ1v) is 10.5. The Hall–Kier alpha value is -2.23. The number of rotatable bonds is 6. The standard InChI is InChI=1S/C20H32N8O/c1-17-15-18(23-24(17)2)16-26-7-11-28(12-8-26)20-4-3-19(21-22-20)27-9-5-25(6-10-27)13-14-29/h3-4,15,29H,5-14,16H2,1-2H3. The fraction of sp³-hybridized carbons (Fsp3) is 0.650. The fourth-order valence-electron chi connectivity index (χ4n) is 4.07. The number of β-amino-alcohol motifs (C(OH)–C–C–N with tert-alkyl or cyclic N) is 1. The van der Waals surface area contributed by atoms with Gasteiger partial charge in [-0.2, -0.15) is 5.10 Å². The first kappa shape index (κ1) is 20.1. The Bertz CT molecular complexity index is 757. The molecule has 4 rings (SSSR count). The number of hydrogen-bond acceptors (Lipinski definition) is 8. The topological polar surface area (TPSA) is 76.8 Å². The maximum Gasteiger partial charge on any atom is 0.151 e. The summed E-state index contributed by atoms with van der Waals surface area (Å²) in [6.45, 7) is 11.7. The zero-order valence-corrected chi connectivity index (χ0v) is 17.5. The zero-order chi connectivity index (χ0) is 20.2. The summed E-state index contributed by atoms with van der Waals surface area (Å²) >= 11 is 0. The molecule has 2 saturated heterocycles. The molecule has 2 aromatic rings. The lowest BCUT2D eigenvalue weighted by molar-refractivity contribution is 0.188. The Balaban J connectivity index is 1.27. The summed E-state index contributed by atoms with van der Waals surface area (Å²) in [5.74, 6) is 1.91. The Labute approximate surface area is 172 Å². The summed E-state index contributed by atoms with van der Waals surface area (Å²) in [7, 11) is 1.99. The smallest absolute Gasteiger partial charge is 0.151 e. The molecule has 0 aliphatic carbocycles. The van der Waals surface area contributed by atoms with E-state index in [1.165, 1.54) is 5.69 Å². The lowest BCUT2D eigenvalue weighted by Crippen LogP contribution is -2.47. The highest BCUT2D eigenvalue weighted by molar-refractivity contribution is 5.45. The molecule has 2 aliphatic rings. The Morgan fingerprint density at radius 2 is 1.41 bits per heavy atom. The van der Waals surface area contributed by atoms with Crippen molar-refractivity contribution in [1.29, 1.82) is 0 Å². The van der Waals surface area contributed by atoms with Gasteiger partial charge in [0.05, 0.1) is 12.3 Å². The van der Waals surface area contributed by atoms with Gasteiger partial charge in [-0.1, -0.05) is 0 Å². The van der Waals surface area contributed by atoms with Gasteiger partial charge in [0.2, 0.25) is 0 Å². The summed E-state index contributed by atoms with van der Waals surface area (Å²) in [5.41, 5.74) is 2.34. The molecule has 1 N–H and O–H groups in total. The molecule has 2 fully saturated rings. The monoisotopic (exact) mass is 400 g/mol. The van der Waals surface area contributed by atoms with Crippen molar-refractivity contribution in [3.8, 4) is 0 Å². The first-order valence-electron chi connectivity index (χ1n) is 10.5. The van der Waals surface area contributed by atoms with Crippen molar-refractivity contribution in [1.82, 2.24) is 29.8 Å². The molecule has 0 saturated carbocycles. The van der Waals surface area contributed by atoms with Crippen LogP contribution in [0.1, 0.15) is 11.4 Å². The van der Waals surface area contributed by atoms with E-state index in [0.29, 0.717) is 0 Å². The summed E-state index contributed by atoms with van der Waals surface area (Å²) in [6.07, 6.45) is 0. The largest absolute Gasteiger partial charge is 0.395 e. The number of piperazine rings is 2. The molecule has 0 aromatic carbocycles. The third-order valence-electron chi connectivity index (χ3n) is 6.00. The van der Waals surface area contributed by atoms with Gasteiger partial charge in [-0.15, -0.1) is 10.2 Å². The second-order valence-electron chi connectivity index (χ2n) is 7.97. The number of nitrogens with zero attached hydrogens (tertiary/aromatic N) is 8. The van der Waals surface area contributed by atoms with Gasteiger partial charge in [-0.05, 0) is 25.1 Å². The molecule has 158 valence electrons. The van der Waals surface area contributed by atoms with E-state index >= 15 is 0 Å². The molecule has 0 amide bonds. The van der Waals surface area contributed by atoms with Crippen LogP contribution < -0.4 is 9.80 Å². The second-order valence-corrected chi connectivity index (χ2v) is 7.97. The van der Waals surface area contributed by atoms with Crippen molar-refractivity contribution < 1.29 is 5.11 Å². The molecule has 0 unspecified atom stereocenters. The molecular weight excluding hydrogens is 368 g/mol. The minimum atomic E-state index is 0.225. The van der Waals surface area contributed by atoms with E-state index in [9.17, 15) is 0 Å². The van der Waals surface area contributed by atoms with Crippen LogP contribution in [-0.4, -0.2) is 100 Å².